The number of hydrogen-bond acceptors (Lipinski definition) is 3. The number of nitrogens with one attached hydrogen (secondary N) is 1. The molecule has 2 fully saturated rings. The lowest BCUT2D eigenvalue weighted by molar-refractivity contribution is -0.124. The van der Waals surface area contributed by atoms with Gasteiger partial charge >= 0.3 is 0 Å². The number of hydrogen-bond donors (Lipinski definition) is 2. The van der Waals surface area contributed by atoms with Crippen molar-refractivity contribution in [2.75, 3.05) is 6.61 Å². The summed E-state index contributed by atoms with van der Waals surface area (Å²) in [5.41, 5.74) is 5.81. The smallest absolute Gasteiger partial charge is 0.220 e. The van der Waals surface area contributed by atoms with Crippen molar-refractivity contribution >= 4 is 5.91 Å². The monoisotopic (exact) mass is 282 g/mol. The maximum atomic E-state index is 12.1. The van der Waals surface area contributed by atoms with Crippen LogP contribution in [0, 0.1) is 5.92 Å². The van der Waals surface area contributed by atoms with Gasteiger partial charge in [-0.2, -0.15) is 0 Å². The van der Waals surface area contributed by atoms with Gasteiger partial charge < -0.3 is 15.8 Å². The van der Waals surface area contributed by atoms with E-state index in [1.54, 1.807) is 0 Å². The van der Waals surface area contributed by atoms with Crippen LogP contribution in [-0.4, -0.2) is 30.2 Å². The molecular weight excluding hydrogens is 252 g/mol. The van der Waals surface area contributed by atoms with Crippen LogP contribution in [0.3, 0.4) is 0 Å². The van der Waals surface area contributed by atoms with Crippen LogP contribution in [-0.2, 0) is 9.53 Å². The zero-order valence-corrected chi connectivity index (χ0v) is 13.0. The molecule has 1 unspecified atom stereocenters. The highest BCUT2D eigenvalue weighted by molar-refractivity contribution is 5.76. The topological polar surface area (TPSA) is 64.4 Å². The zero-order chi connectivity index (χ0) is 14.6. The SMILES string of the molecule is CC1(C)CC(NC(=O)CCC2CCC(N)CC2)CCO1. The van der Waals surface area contributed by atoms with E-state index in [9.17, 15) is 4.79 Å². The number of carbonyl (C=O) groups is 1. The molecule has 1 aliphatic carbocycles. The fourth-order valence-corrected chi connectivity index (χ4v) is 3.47. The summed E-state index contributed by atoms with van der Waals surface area (Å²) in [5.74, 6) is 0.911. The highest BCUT2D eigenvalue weighted by Crippen LogP contribution is 2.27. The Morgan fingerprint density at radius 3 is 2.60 bits per heavy atom. The Bertz CT molecular complexity index is 322. The Morgan fingerprint density at radius 1 is 1.25 bits per heavy atom. The number of ether oxygens (including phenoxy) is 1. The van der Waals surface area contributed by atoms with Gasteiger partial charge in [0.05, 0.1) is 5.60 Å². The zero-order valence-electron chi connectivity index (χ0n) is 13.0. The molecule has 1 saturated carbocycles. The van der Waals surface area contributed by atoms with Gasteiger partial charge in [-0.3, -0.25) is 4.79 Å². The summed E-state index contributed by atoms with van der Waals surface area (Å²) in [6, 6.07) is 0.676. The molecular formula is C16H30N2O2. The predicted molar refractivity (Wildman–Crippen MR) is 80.4 cm³/mol. The fraction of sp³-hybridized carbons (Fsp3) is 0.938. The third-order valence-corrected chi connectivity index (χ3v) is 4.73. The lowest BCUT2D eigenvalue weighted by Gasteiger charge is -2.36. The number of rotatable bonds is 4. The summed E-state index contributed by atoms with van der Waals surface area (Å²) in [6.45, 7) is 4.94. The average molecular weight is 282 g/mol. The minimum atomic E-state index is -0.101. The molecule has 3 N–H and O–H groups in total. The maximum absolute atomic E-state index is 12.1. The Labute approximate surface area is 122 Å². The normalized spacial score (nSPS) is 33.6. The third-order valence-electron chi connectivity index (χ3n) is 4.73. The lowest BCUT2D eigenvalue weighted by atomic mass is 9.83. The molecule has 1 amide bonds. The summed E-state index contributed by atoms with van der Waals surface area (Å²) in [7, 11) is 0. The standard InChI is InChI=1S/C16H30N2O2/c1-16(2)11-14(9-10-20-16)18-15(19)8-5-12-3-6-13(17)7-4-12/h12-14H,3-11,17H2,1-2H3,(H,18,19). The third kappa shape index (κ3) is 5.06. The van der Waals surface area contributed by atoms with Gasteiger partial charge in [-0.1, -0.05) is 0 Å². The predicted octanol–water partition coefficient (Wildman–Crippen LogP) is 2.36. The minimum Gasteiger partial charge on any atom is -0.375 e. The molecule has 0 spiro atoms. The van der Waals surface area contributed by atoms with Crippen molar-refractivity contribution in [1.29, 1.82) is 0 Å². The molecule has 1 heterocycles. The number of nitrogens with two attached hydrogens (primary N) is 1. The summed E-state index contributed by atoms with van der Waals surface area (Å²) < 4.78 is 5.68. The molecule has 0 aromatic rings. The highest BCUT2D eigenvalue weighted by Gasteiger charge is 2.29. The lowest BCUT2D eigenvalue weighted by Crippen LogP contribution is -2.45. The van der Waals surface area contributed by atoms with Crippen LogP contribution in [0.4, 0.5) is 0 Å². The first kappa shape index (κ1) is 15.8. The molecule has 2 rings (SSSR count). The van der Waals surface area contributed by atoms with E-state index in [1.165, 1.54) is 12.8 Å². The molecule has 0 bridgehead atoms. The van der Waals surface area contributed by atoms with E-state index in [2.05, 4.69) is 19.2 Å². The van der Waals surface area contributed by atoms with Gasteiger partial charge in [0.15, 0.2) is 0 Å². The number of amides is 1. The number of carbonyl (C=O) groups excluding carboxylic acids is 1. The van der Waals surface area contributed by atoms with Crippen LogP contribution in [0.25, 0.3) is 0 Å². The summed E-state index contributed by atoms with van der Waals surface area (Å²) in [6.07, 6.45) is 8.17. The van der Waals surface area contributed by atoms with Gasteiger partial charge in [0.2, 0.25) is 5.91 Å². The van der Waals surface area contributed by atoms with E-state index in [1.807, 2.05) is 0 Å². The van der Waals surface area contributed by atoms with E-state index in [0.29, 0.717) is 18.4 Å². The van der Waals surface area contributed by atoms with Crippen molar-refractivity contribution in [1.82, 2.24) is 5.32 Å². The second kappa shape index (κ2) is 6.90. The van der Waals surface area contributed by atoms with E-state index in [4.69, 9.17) is 10.5 Å². The van der Waals surface area contributed by atoms with E-state index < -0.39 is 0 Å². The van der Waals surface area contributed by atoms with Crippen LogP contribution >= 0.6 is 0 Å². The Balaban J connectivity index is 1.65. The van der Waals surface area contributed by atoms with E-state index >= 15 is 0 Å². The summed E-state index contributed by atoms with van der Waals surface area (Å²) in [4.78, 5) is 12.1. The minimum absolute atomic E-state index is 0.101. The molecule has 4 nitrogen and oxygen atoms in total. The van der Waals surface area contributed by atoms with Crippen molar-refractivity contribution in [3.05, 3.63) is 0 Å². The van der Waals surface area contributed by atoms with Gasteiger partial charge in [0.25, 0.3) is 0 Å². The molecule has 2 aliphatic rings. The average Bonchev–Trinajstić information content (AvgIpc) is 2.37. The molecule has 0 aromatic heterocycles. The quantitative estimate of drug-likeness (QED) is 0.832. The van der Waals surface area contributed by atoms with Crippen molar-refractivity contribution < 1.29 is 9.53 Å². The Kier molecular flexibility index (Phi) is 5.44. The van der Waals surface area contributed by atoms with Crippen molar-refractivity contribution in [3.63, 3.8) is 0 Å². The van der Waals surface area contributed by atoms with Gasteiger partial charge in [0, 0.05) is 25.1 Å². The summed E-state index contributed by atoms with van der Waals surface area (Å²) in [5, 5.41) is 3.18. The van der Waals surface area contributed by atoms with Crippen LogP contribution in [0.15, 0.2) is 0 Å². The largest absolute Gasteiger partial charge is 0.375 e. The van der Waals surface area contributed by atoms with Gasteiger partial charge in [-0.05, 0) is 64.7 Å². The second-order valence-corrected chi connectivity index (χ2v) is 7.18. The molecule has 0 radical (unpaired) electrons. The second-order valence-electron chi connectivity index (χ2n) is 7.18. The first-order valence-corrected chi connectivity index (χ1v) is 8.13. The summed E-state index contributed by atoms with van der Waals surface area (Å²) >= 11 is 0. The first-order valence-electron chi connectivity index (χ1n) is 8.13. The Hall–Kier alpha value is -0.610. The van der Waals surface area contributed by atoms with Crippen LogP contribution in [0.2, 0.25) is 0 Å². The van der Waals surface area contributed by atoms with Gasteiger partial charge in [-0.15, -0.1) is 0 Å². The van der Waals surface area contributed by atoms with Crippen LogP contribution in [0.5, 0.6) is 0 Å². The molecule has 1 atom stereocenters. The molecule has 4 heteroatoms. The molecule has 1 saturated heterocycles. The fourth-order valence-electron chi connectivity index (χ4n) is 3.47. The van der Waals surface area contributed by atoms with Crippen molar-refractivity contribution in [2.24, 2.45) is 11.7 Å². The van der Waals surface area contributed by atoms with Crippen LogP contribution in [0.1, 0.15) is 65.2 Å². The van der Waals surface area contributed by atoms with Crippen molar-refractivity contribution in [2.45, 2.75) is 82.9 Å². The van der Waals surface area contributed by atoms with E-state index in [-0.39, 0.29) is 17.6 Å². The molecule has 116 valence electrons. The molecule has 1 aliphatic heterocycles. The van der Waals surface area contributed by atoms with Gasteiger partial charge in [0.1, 0.15) is 0 Å². The molecule has 0 aromatic carbocycles. The van der Waals surface area contributed by atoms with Crippen LogP contribution < -0.4 is 11.1 Å². The van der Waals surface area contributed by atoms with Crippen molar-refractivity contribution in [3.8, 4) is 0 Å². The molecule has 20 heavy (non-hydrogen) atoms. The van der Waals surface area contributed by atoms with Gasteiger partial charge in [-0.25, -0.2) is 0 Å². The Morgan fingerprint density at radius 2 is 1.95 bits per heavy atom. The maximum Gasteiger partial charge on any atom is 0.220 e. The van der Waals surface area contributed by atoms with E-state index in [0.717, 1.165) is 38.7 Å². The first-order chi connectivity index (χ1) is 9.44. The highest BCUT2D eigenvalue weighted by atomic mass is 16.5.